The van der Waals surface area contributed by atoms with Gasteiger partial charge in [-0.25, -0.2) is 0 Å². The third-order valence-corrected chi connectivity index (χ3v) is 2.70. The highest BCUT2D eigenvalue weighted by Crippen LogP contribution is 2.25. The average molecular weight is 222 g/mol. The average Bonchev–Trinajstić information content (AvgIpc) is 2.78. The van der Waals surface area contributed by atoms with E-state index >= 15 is 0 Å². The molecule has 1 unspecified atom stereocenters. The number of hydrogen-bond acceptors (Lipinski definition) is 3. The van der Waals surface area contributed by atoms with Crippen LogP contribution in [-0.4, -0.2) is 21.5 Å². The van der Waals surface area contributed by atoms with E-state index in [-0.39, 0.29) is 0 Å². The third-order valence-electron chi connectivity index (χ3n) is 2.70. The number of aliphatic hydroxyl groups is 1. The summed E-state index contributed by atoms with van der Waals surface area (Å²) in [6.45, 7) is 4.81. The molecule has 2 heterocycles. The second-order valence-corrected chi connectivity index (χ2v) is 4.35. The molecule has 0 aromatic carbocycles. The molecule has 0 spiro atoms. The minimum absolute atomic E-state index is 0.308. The van der Waals surface area contributed by atoms with Gasteiger partial charge in [-0.15, -0.1) is 0 Å². The van der Waals surface area contributed by atoms with E-state index < -0.39 is 6.10 Å². The van der Waals surface area contributed by atoms with Crippen LogP contribution in [0.15, 0.2) is 24.2 Å². The van der Waals surface area contributed by atoms with Crippen LogP contribution in [0.1, 0.15) is 44.4 Å². The summed E-state index contributed by atoms with van der Waals surface area (Å²) in [4.78, 5) is 0. The quantitative estimate of drug-likeness (QED) is 0.852. The Labute approximate surface area is 95.5 Å². The highest BCUT2D eigenvalue weighted by atomic mass is 16.5. The van der Waals surface area contributed by atoms with Crippen molar-refractivity contribution in [3.63, 3.8) is 0 Å². The maximum Gasteiger partial charge on any atom is 0.139 e. The molecule has 0 saturated heterocycles. The van der Waals surface area contributed by atoms with Crippen LogP contribution in [0.25, 0.3) is 0 Å². The Hall–Kier alpha value is -1.29. The van der Waals surface area contributed by atoms with E-state index in [1.807, 2.05) is 17.0 Å². The van der Waals surface area contributed by atoms with Gasteiger partial charge in [0, 0.05) is 17.8 Å². The van der Waals surface area contributed by atoms with Crippen molar-refractivity contribution in [2.24, 2.45) is 0 Å². The summed E-state index contributed by atoms with van der Waals surface area (Å²) in [6, 6.07) is 0.308. The van der Waals surface area contributed by atoms with Gasteiger partial charge in [-0.05, 0) is 32.8 Å². The molecule has 1 N–H and O–H groups in total. The van der Waals surface area contributed by atoms with Gasteiger partial charge in [0.2, 0.25) is 0 Å². The maximum absolute atomic E-state index is 10.1. The Morgan fingerprint density at radius 3 is 2.88 bits per heavy atom. The predicted octanol–water partition coefficient (Wildman–Crippen LogP) is 2.19. The van der Waals surface area contributed by atoms with E-state index in [4.69, 9.17) is 4.74 Å². The molecule has 2 rings (SSSR count). The van der Waals surface area contributed by atoms with Crippen molar-refractivity contribution in [3.8, 4) is 0 Å². The van der Waals surface area contributed by atoms with Crippen molar-refractivity contribution >= 4 is 0 Å². The van der Waals surface area contributed by atoms with Gasteiger partial charge in [0.15, 0.2) is 0 Å². The number of hydrogen-bond donors (Lipinski definition) is 1. The lowest BCUT2D eigenvalue weighted by Crippen LogP contribution is -2.09. The molecule has 0 amide bonds. The summed E-state index contributed by atoms with van der Waals surface area (Å²) < 4.78 is 7.27. The normalized spacial score (nSPS) is 18.1. The predicted molar refractivity (Wildman–Crippen MR) is 60.8 cm³/mol. The van der Waals surface area contributed by atoms with Crippen molar-refractivity contribution in [3.05, 3.63) is 29.8 Å². The van der Waals surface area contributed by atoms with Crippen LogP contribution in [0.5, 0.6) is 0 Å². The molecule has 0 bridgehead atoms. The minimum atomic E-state index is -0.673. The third kappa shape index (κ3) is 2.27. The number of ether oxygens (including phenoxy) is 1. The molecular formula is C12H18N2O2. The minimum Gasteiger partial charge on any atom is -0.495 e. The molecule has 88 valence electrons. The lowest BCUT2D eigenvalue weighted by Gasteiger charge is -2.18. The number of aliphatic hydroxyl groups excluding tert-OH is 1. The fourth-order valence-electron chi connectivity index (χ4n) is 1.71. The van der Waals surface area contributed by atoms with E-state index in [0.717, 1.165) is 18.4 Å². The summed E-state index contributed by atoms with van der Waals surface area (Å²) in [6.07, 6.45) is 6.86. The molecule has 1 aliphatic heterocycles. The van der Waals surface area contributed by atoms with Gasteiger partial charge in [-0.1, -0.05) is 0 Å². The van der Waals surface area contributed by atoms with Crippen LogP contribution in [-0.2, 0) is 4.74 Å². The summed E-state index contributed by atoms with van der Waals surface area (Å²) >= 11 is 0. The van der Waals surface area contributed by atoms with Crippen molar-refractivity contribution in [1.82, 2.24) is 9.78 Å². The zero-order valence-electron chi connectivity index (χ0n) is 9.76. The van der Waals surface area contributed by atoms with Crippen molar-refractivity contribution in [1.29, 1.82) is 0 Å². The van der Waals surface area contributed by atoms with Crippen LogP contribution in [0.3, 0.4) is 0 Å². The SMILES string of the molecule is CC(C)n1cc(C(O)C2=CCCCO2)cn1. The Morgan fingerprint density at radius 2 is 2.31 bits per heavy atom. The van der Waals surface area contributed by atoms with Gasteiger partial charge < -0.3 is 9.84 Å². The number of allylic oxidation sites excluding steroid dienone is 1. The monoisotopic (exact) mass is 222 g/mol. The first kappa shape index (κ1) is 11.2. The first-order valence-corrected chi connectivity index (χ1v) is 5.73. The molecule has 0 fully saturated rings. The van der Waals surface area contributed by atoms with Crippen molar-refractivity contribution in [2.45, 2.75) is 38.8 Å². The topological polar surface area (TPSA) is 47.3 Å². The summed E-state index contributed by atoms with van der Waals surface area (Å²) in [7, 11) is 0. The van der Waals surface area contributed by atoms with Crippen LogP contribution in [0.4, 0.5) is 0 Å². The molecule has 4 nitrogen and oxygen atoms in total. The largest absolute Gasteiger partial charge is 0.495 e. The van der Waals surface area contributed by atoms with Crippen LogP contribution < -0.4 is 0 Å². The highest BCUT2D eigenvalue weighted by Gasteiger charge is 2.18. The van der Waals surface area contributed by atoms with Crippen molar-refractivity contribution < 1.29 is 9.84 Å². The summed E-state index contributed by atoms with van der Waals surface area (Å²) in [5.74, 6) is 0.662. The molecule has 1 aromatic heterocycles. The second-order valence-electron chi connectivity index (χ2n) is 4.35. The van der Waals surface area contributed by atoms with Gasteiger partial charge in [0.1, 0.15) is 11.9 Å². The molecule has 0 radical (unpaired) electrons. The lowest BCUT2D eigenvalue weighted by molar-refractivity contribution is 0.0917. The van der Waals surface area contributed by atoms with E-state index in [1.165, 1.54) is 0 Å². The van der Waals surface area contributed by atoms with Crippen molar-refractivity contribution in [2.75, 3.05) is 6.61 Å². The Kier molecular flexibility index (Phi) is 3.29. The van der Waals surface area contributed by atoms with Gasteiger partial charge >= 0.3 is 0 Å². The summed E-state index contributed by atoms with van der Waals surface area (Å²) in [5.41, 5.74) is 0.793. The number of aromatic nitrogens is 2. The summed E-state index contributed by atoms with van der Waals surface area (Å²) in [5, 5.41) is 14.3. The Bertz CT molecular complexity index is 382. The molecule has 1 atom stereocenters. The molecule has 0 aliphatic carbocycles. The number of rotatable bonds is 3. The molecule has 4 heteroatoms. The molecular weight excluding hydrogens is 204 g/mol. The molecule has 1 aromatic rings. The smallest absolute Gasteiger partial charge is 0.139 e. The highest BCUT2D eigenvalue weighted by molar-refractivity contribution is 5.18. The standard InChI is InChI=1S/C12H18N2O2/c1-9(2)14-8-10(7-13-14)12(15)11-5-3-4-6-16-11/h5,7-9,12,15H,3-4,6H2,1-2H3. The zero-order valence-corrected chi connectivity index (χ0v) is 9.76. The van der Waals surface area contributed by atoms with Gasteiger partial charge in [-0.2, -0.15) is 5.10 Å². The van der Waals surface area contributed by atoms with Gasteiger partial charge in [0.05, 0.1) is 12.8 Å². The van der Waals surface area contributed by atoms with Crippen LogP contribution in [0, 0.1) is 0 Å². The molecule has 0 saturated carbocycles. The van der Waals surface area contributed by atoms with E-state index in [0.29, 0.717) is 18.4 Å². The molecule has 16 heavy (non-hydrogen) atoms. The van der Waals surface area contributed by atoms with Gasteiger partial charge in [0.25, 0.3) is 0 Å². The first-order chi connectivity index (χ1) is 7.68. The lowest BCUT2D eigenvalue weighted by atomic mass is 10.1. The first-order valence-electron chi connectivity index (χ1n) is 5.73. The Balaban J connectivity index is 2.13. The fourth-order valence-corrected chi connectivity index (χ4v) is 1.71. The van der Waals surface area contributed by atoms with Crippen LogP contribution in [0.2, 0.25) is 0 Å². The van der Waals surface area contributed by atoms with E-state index in [2.05, 4.69) is 18.9 Å². The second kappa shape index (κ2) is 4.70. The van der Waals surface area contributed by atoms with E-state index in [9.17, 15) is 5.11 Å². The fraction of sp³-hybridized carbons (Fsp3) is 0.583. The van der Waals surface area contributed by atoms with Crippen LogP contribution >= 0.6 is 0 Å². The van der Waals surface area contributed by atoms with Gasteiger partial charge in [-0.3, -0.25) is 4.68 Å². The molecule has 1 aliphatic rings. The van der Waals surface area contributed by atoms with E-state index in [1.54, 1.807) is 6.20 Å². The zero-order chi connectivity index (χ0) is 11.5. The maximum atomic E-state index is 10.1. The number of nitrogens with zero attached hydrogens (tertiary/aromatic N) is 2. The Morgan fingerprint density at radius 1 is 1.50 bits per heavy atom.